The lowest BCUT2D eigenvalue weighted by Gasteiger charge is -2.14. The third kappa shape index (κ3) is 6.41. The average Bonchev–Trinajstić information content (AvgIpc) is 3.13. The summed E-state index contributed by atoms with van der Waals surface area (Å²) in [5.74, 6) is -0.524. The summed E-state index contributed by atoms with van der Waals surface area (Å²) >= 11 is 0. The van der Waals surface area contributed by atoms with Gasteiger partial charge in [0.1, 0.15) is 6.04 Å². The van der Waals surface area contributed by atoms with Gasteiger partial charge in [0, 0.05) is 47.3 Å². The number of fused-ring (bicyclic) bond motifs is 1. The Labute approximate surface area is 243 Å². The van der Waals surface area contributed by atoms with Crippen molar-refractivity contribution < 1.29 is 14.5 Å². The van der Waals surface area contributed by atoms with Crippen molar-refractivity contribution in [3.63, 3.8) is 0 Å². The number of anilines is 2. The minimum absolute atomic E-state index is 0.124. The van der Waals surface area contributed by atoms with Crippen molar-refractivity contribution in [2.24, 2.45) is 4.99 Å². The molecule has 0 aliphatic carbocycles. The zero-order chi connectivity index (χ0) is 29.6. The van der Waals surface area contributed by atoms with Gasteiger partial charge in [-0.2, -0.15) is 0 Å². The van der Waals surface area contributed by atoms with E-state index in [4.69, 9.17) is 4.99 Å². The number of aromatic nitrogens is 1. The molecule has 42 heavy (non-hydrogen) atoms. The van der Waals surface area contributed by atoms with Gasteiger partial charge in [0.05, 0.1) is 22.7 Å². The Morgan fingerprint density at radius 2 is 1.76 bits per heavy atom. The van der Waals surface area contributed by atoms with Gasteiger partial charge in [0.25, 0.3) is 5.69 Å². The van der Waals surface area contributed by atoms with Crippen LogP contribution in [0.25, 0.3) is 0 Å². The molecule has 1 aromatic heterocycles. The Morgan fingerprint density at radius 1 is 0.976 bits per heavy atom. The van der Waals surface area contributed by atoms with Gasteiger partial charge in [-0.1, -0.05) is 50.2 Å². The molecule has 0 radical (unpaired) electrons. The average molecular weight is 562 g/mol. The lowest BCUT2D eigenvalue weighted by atomic mass is 9.96. The van der Waals surface area contributed by atoms with Crippen molar-refractivity contribution in [1.82, 2.24) is 4.98 Å². The molecule has 0 bridgehead atoms. The van der Waals surface area contributed by atoms with Gasteiger partial charge in [0.15, 0.2) is 0 Å². The lowest BCUT2D eigenvalue weighted by molar-refractivity contribution is -0.384. The third-order valence-corrected chi connectivity index (χ3v) is 7.29. The quantitative estimate of drug-likeness (QED) is 0.200. The minimum atomic E-state index is -0.749. The summed E-state index contributed by atoms with van der Waals surface area (Å²) in [5.41, 5.74) is 6.83. The molecule has 0 saturated heterocycles. The Hall–Kier alpha value is -5.18. The standard InChI is InChI=1S/C33H31N5O4/c1-3-22-9-8-21(17-23(22)4-2)18-30-33(40)37-29-20-27(38(41)42)14-15-28(29)32(36-30)24-10-12-25(13-11-24)35-31(39)19-26-7-5-6-16-34-26/h5-17,20,30H,3-4,18-19H2,1-2H3,(H,35,39)(H,37,40). The topological polar surface area (TPSA) is 127 Å². The van der Waals surface area contributed by atoms with Gasteiger partial charge in [-0.3, -0.25) is 29.7 Å². The predicted molar refractivity (Wildman–Crippen MR) is 163 cm³/mol. The van der Waals surface area contributed by atoms with E-state index in [0.717, 1.165) is 18.4 Å². The molecular weight excluding hydrogens is 530 g/mol. The summed E-state index contributed by atoms with van der Waals surface area (Å²) in [4.78, 5) is 46.0. The first kappa shape index (κ1) is 28.4. The normalized spacial score (nSPS) is 14.3. The van der Waals surface area contributed by atoms with Crippen molar-refractivity contribution in [1.29, 1.82) is 0 Å². The Morgan fingerprint density at radius 3 is 2.45 bits per heavy atom. The monoisotopic (exact) mass is 561 g/mol. The van der Waals surface area contributed by atoms with Gasteiger partial charge in [0.2, 0.25) is 11.8 Å². The third-order valence-electron chi connectivity index (χ3n) is 7.29. The van der Waals surface area contributed by atoms with Crippen LogP contribution < -0.4 is 10.6 Å². The number of carbonyl (C=O) groups excluding carboxylic acids is 2. The summed E-state index contributed by atoms with van der Waals surface area (Å²) in [6, 6.07) is 22.5. The van der Waals surface area contributed by atoms with Crippen molar-refractivity contribution in [3.8, 4) is 0 Å². The van der Waals surface area contributed by atoms with Gasteiger partial charge in [-0.15, -0.1) is 0 Å². The highest BCUT2D eigenvalue weighted by molar-refractivity contribution is 6.20. The SMILES string of the molecule is CCc1ccc(CC2N=C(c3ccc(NC(=O)Cc4ccccn4)cc3)c3ccc([N+](=O)[O-])cc3NC2=O)cc1CC. The molecule has 9 heteroatoms. The number of amides is 2. The molecule has 0 saturated carbocycles. The molecule has 1 aliphatic heterocycles. The van der Waals surface area contributed by atoms with Crippen LogP contribution in [0, 0.1) is 10.1 Å². The van der Waals surface area contributed by atoms with Crippen LogP contribution in [0.3, 0.4) is 0 Å². The van der Waals surface area contributed by atoms with E-state index in [1.54, 1.807) is 36.5 Å². The highest BCUT2D eigenvalue weighted by Crippen LogP contribution is 2.30. The van der Waals surface area contributed by atoms with E-state index in [2.05, 4.69) is 41.6 Å². The molecule has 2 heterocycles. The number of nitro groups is 1. The fourth-order valence-corrected chi connectivity index (χ4v) is 5.11. The number of carbonyl (C=O) groups is 2. The van der Waals surface area contributed by atoms with Crippen LogP contribution in [-0.4, -0.2) is 33.5 Å². The number of pyridine rings is 1. The molecule has 212 valence electrons. The number of benzodiazepines with no additional fused rings is 1. The first-order valence-electron chi connectivity index (χ1n) is 13.9. The molecule has 1 atom stereocenters. The van der Waals surface area contributed by atoms with Crippen LogP contribution in [0.2, 0.25) is 0 Å². The summed E-state index contributed by atoms with van der Waals surface area (Å²) < 4.78 is 0. The minimum Gasteiger partial charge on any atom is -0.326 e. The van der Waals surface area contributed by atoms with Crippen LogP contribution in [0.5, 0.6) is 0 Å². The smallest absolute Gasteiger partial charge is 0.271 e. The molecule has 9 nitrogen and oxygen atoms in total. The summed E-state index contributed by atoms with van der Waals surface area (Å²) in [5, 5.41) is 17.2. The van der Waals surface area contributed by atoms with E-state index < -0.39 is 11.0 Å². The van der Waals surface area contributed by atoms with E-state index in [-0.39, 0.29) is 23.9 Å². The molecule has 4 aromatic rings. The van der Waals surface area contributed by atoms with Gasteiger partial charge in [-0.05, 0) is 59.9 Å². The van der Waals surface area contributed by atoms with Crippen LogP contribution in [0.15, 0.2) is 90.1 Å². The Balaban J connectivity index is 1.46. The molecule has 2 N–H and O–H groups in total. The van der Waals surface area contributed by atoms with Gasteiger partial charge < -0.3 is 10.6 Å². The predicted octanol–water partition coefficient (Wildman–Crippen LogP) is 5.70. The van der Waals surface area contributed by atoms with Crippen LogP contribution in [0.1, 0.15) is 47.4 Å². The Bertz CT molecular complexity index is 1670. The Kier molecular flexibility index (Phi) is 8.47. The molecule has 3 aromatic carbocycles. The number of aryl methyl sites for hydroxylation is 2. The van der Waals surface area contributed by atoms with Gasteiger partial charge in [-0.25, -0.2) is 0 Å². The highest BCUT2D eigenvalue weighted by atomic mass is 16.6. The van der Waals surface area contributed by atoms with Crippen molar-refractivity contribution in [2.75, 3.05) is 10.6 Å². The maximum absolute atomic E-state index is 13.4. The summed E-state index contributed by atoms with van der Waals surface area (Å²) in [7, 11) is 0. The second kappa shape index (κ2) is 12.6. The molecule has 0 fully saturated rings. The van der Waals surface area contributed by atoms with E-state index in [1.165, 1.54) is 23.3 Å². The first-order valence-corrected chi connectivity index (χ1v) is 13.9. The number of benzene rings is 3. The number of rotatable bonds is 9. The van der Waals surface area contributed by atoms with E-state index >= 15 is 0 Å². The van der Waals surface area contributed by atoms with Crippen LogP contribution >= 0.6 is 0 Å². The highest BCUT2D eigenvalue weighted by Gasteiger charge is 2.28. The largest absolute Gasteiger partial charge is 0.326 e. The lowest BCUT2D eigenvalue weighted by Crippen LogP contribution is -2.27. The number of nitrogens with one attached hydrogen (secondary N) is 2. The summed E-state index contributed by atoms with van der Waals surface area (Å²) in [6.45, 7) is 4.23. The number of hydrogen-bond acceptors (Lipinski definition) is 6. The molecule has 5 rings (SSSR count). The molecule has 1 aliphatic rings. The zero-order valence-corrected chi connectivity index (χ0v) is 23.5. The van der Waals surface area contributed by atoms with Crippen LogP contribution in [-0.2, 0) is 35.3 Å². The number of nitro benzene ring substituents is 1. The van der Waals surface area contributed by atoms with E-state index in [9.17, 15) is 19.7 Å². The fourth-order valence-electron chi connectivity index (χ4n) is 5.11. The molecule has 1 unspecified atom stereocenters. The second-order valence-corrected chi connectivity index (χ2v) is 10.1. The fraction of sp³-hybridized carbons (Fsp3) is 0.212. The number of hydrogen-bond donors (Lipinski definition) is 2. The maximum atomic E-state index is 13.4. The first-order chi connectivity index (χ1) is 20.3. The van der Waals surface area contributed by atoms with Crippen molar-refractivity contribution in [3.05, 3.63) is 129 Å². The second-order valence-electron chi connectivity index (χ2n) is 10.1. The van der Waals surface area contributed by atoms with E-state index in [0.29, 0.717) is 40.3 Å². The molecule has 0 spiro atoms. The van der Waals surface area contributed by atoms with Gasteiger partial charge >= 0.3 is 0 Å². The maximum Gasteiger partial charge on any atom is 0.271 e. The van der Waals surface area contributed by atoms with E-state index in [1.807, 2.05) is 24.3 Å². The molecular formula is C33H31N5O4. The van der Waals surface area contributed by atoms with Crippen LogP contribution in [0.4, 0.5) is 17.1 Å². The van der Waals surface area contributed by atoms with Crippen molar-refractivity contribution >= 4 is 34.6 Å². The number of non-ortho nitro benzene ring substituents is 1. The molecule has 2 amide bonds. The zero-order valence-electron chi connectivity index (χ0n) is 23.5. The summed E-state index contributed by atoms with van der Waals surface area (Å²) in [6.07, 6.45) is 4.00. The number of nitrogens with zero attached hydrogens (tertiary/aromatic N) is 3. The van der Waals surface area contributed by atoms with Crippen molar-refractivity contribution in [2.45, 2.75) is 45.6 Å². The number of aliphatic imine (C=N–C) groups is 1.